The summed E-state index contributed by atoms with van der Waals surface area (Å²) in [4.78, 5) is 19.2. The zero-order valence-corrected chi connectivity index (χ0v) is 17.6. The number of H-pyrrole nitrogens is 2. The van der Waals surface area contributed by atoms with Gasteiger partial charge in [0.1, 0.15) is 29.7 Å². The monoisotopic (exact) mass is 433 g/mol. The number of nitrogens with one attached hydrogen (secondary N) is 2. The van der Waals surface area contributed by atoms with Crippen molar-refractivity contribution in [2.24, 2.45) is 5.92 Å². The van der Waals surface area contributed by atoms with E-state index in [9.17, 15) is 9.90 Å². The fraction of sp³-hybridized carbons (Fsp3) is 0.409. The van der Waals surface area contributed by atoms with E-state index in [0.29, 0.717) is 29.2 Å². The minimum Gasteiger partial charge on any atom is -0.493 e. The Bertz CT molecular complexity index is 967. The Morgan fingerprint density at radius 1 is 1.03 bits per heavy atom. The summed E-state index contributed by atoms with van der Waals surface area (Å²) in [5.74, 6) is 2.03. The molecule has 1 saturated heterocycles. The highest BCUT2D eigenvalue weighted by Crippen LogP contribution is 2.22. The van der Waals surface area contributed by atoms with Crippen LogP contribution >= 0.6 is 12.4 Å². The zero-order valence-electron chi connectivity index (χ0n) is 16.8. The maximum absolute atomic E-state index is 11.5. The lowest BCUT2D eigenvalue weighted by Crippen LogP contribution is -2.41. The molecular formula is C22H28ClN3O4. The molecule has 0 aliphatic carbocycles. The largest absolute Gasteiger partial charge is 0.493 e. The molecule has 0 amide bonds. The van der Waals surface area contributed by atoms with Crippen LogP contribution in [0, 0.1) is 5.92 Å². The summed E-state index contributed by atoms with van der Waals surface area (Å²) in [5, 5.41) is 10.4. The number of hydrogen-bond acceptors (Lipinski definition) is 5. The molecular weight excluding hydrogens is 406 g/mol. The van der Waals surface area contributed by atoms with Gasteiger partial charge in [0, 0.05) is 6.54 Å². The third kappa shape index (κ3) is 5.78. The number of aliphatic hydroxyl groups is 1. The van der Waals surface area contributed by atoms with E-state index >= 15 is 0 Å². The molecule has 3 N–H and O–H groups in total. The van der Waals surface area contributed by atoms with Gasteiger partial charge in [-0.25, -0.2) is 4.79 Å². The Morgan fingerprint density at radius 2 is 1.80 bits per heavy atom. The molecule has 1 aliphatic heterocycles. The minimum absolute atomic E-state index is 0. The predicted octanol–water partition coefficient (Wildman–Crippen LogP) is 2.81. The average molecular weight is 434 g/mol. The van der Waals surface area contributed by atoms with Crippen molar-refractivity contribution in [3.8, 4) is 11.5 Å². The van der Waals surface area contributed by atoms with Gasteiger partial charge in [0.15, 0.2) is 0 Å². The lowest BCUT2D eigenvalue weighted by Gasteiger charge is -2.33. The summed E-state index contributed by atoms with van der Waals surface area (Å²) in [7, 11) is 0. The summed E-state index contributed by atoms with van der Waals surface area (Å²) in [6, 6.07) is 15.3. The molecule has 30 heavy (non-hydrogen) atoms. The Morgan fingerprint density at radius 3 is 2.57 bits per heavy atom. The molecule has 8 heteroatoms. The van der Waals surface area contributed by atoms with Crippen molar-refractivity contribution in [1.82, 2.24) is 14.9 Å². The molecule has 2 heterocycles. The van der Waals surface area contributed by atoms with E-state index in [2.05, 4.69) is 14.9 Å². The van der Waals surface area contributed by atoms with Crippen molar-refractivity contribution in [2.45, 2.75) is 18.9 Å². The first kappa shape index (κ1) is 22.2. The number of nitrogens with zero attached hydrogens (tertiary/aromatic N) is 1. The van der Waals surface area contributed by atoms with Crippen molar-refractivity contribution in [3.05, 3.63) is 59.0 Å². The van der Waals surface area contributed by atoms with E-state index in [1.165, 1.54) is 0 Å². The molecule has 2 aromatic carbocycles. The number of piperidine rings is 1. The van der Waals surface area contributed by atoms with Gasteiger partial charge in [0.05, 0.1) is 12.1 Å². The van der Waals surface area contributed by atoms with Crippen LogP contribution in [0.15, 0.2) is 53.3 Å². The number of ether oxygens (including phenoxy) is 2. The highest BCUT2D eigenvalue weighted by atomic mass is 35.5. The number of rotatable bonds is 8. The van der Waals surface area contributed by atoms with Gasteiger partial charge >= 0.3 is 5.69 Å². The molecule has 0 spiro atoms. The van der Waals surface area contributed by atoms with Gasteiger partial charge in [-0.15, -0.1) is 12.4 Å². The van der Waals surface area contributed by atoms with Crippen LogP contribution in [0.3, 0.4) is 0 Å². The van der Waals surface area contributed by atoms with Crippen LogP contribution in [-0.4, -0.2) is 58.9 Å². The first-order chi connectivity index (χ1) is 14.2. The molecule has 1 aliphatic rings. The van der Waals surface area contributed by atoms with Gasteiger partial charge < -0.3 is 29.4 Å². The zero-order chi connectivity index (χ0) is 20.1. The van der Waals surface area contributed by atoms with Gasteiger partial charge in [-0.1, -0.05) is 24.3 Å². The molecule has 0 bridgehead atoms. The number of aliphatic hydroxyl groups excluding tert-OH is 1. The molecule has 0 radical (unpaired) electrons. The number of benzene rings is 2. The normalized spacial score (nSPS) is 16.2. The van der Waals surface area contributed by atoms with E-state index in [0.717, 1.165) is 38.3 Å². The molecule has 0 saturated carbocycles. The minimum atomic E-state index is -0.590. The highest BCUT2D eigenvalue weighted by molar-refractivity contribution is 5.85. The number of fused-ring (bicyclic) bond motifs is 1. The number of β-amino-alcohol motifs (C(OH)–C–C–N with tert-alkyl or cyclic N) is 1. The summed E-state index contributed by atoms with van der Waals surface area (Å²) in [5.41, 5.74) is 1.06. The van der Waals surface area contributed by atoms with E-state index in [4.69, 9.17) is 9.47 Å². The molecule has 1 unspecified atom stereocenters. The van der Waals surface area contributed by atoms with Gasteiger partial charge in [-0.2, -0.15) is 0 Å². The molecule has 7 nitrogen and oxygen atoms in total. The summed E-state index contributed by atoms with van der Waals surface area (Å²) in [6.07, 6.45) is 1.53. The van der Waals surface area contributed by atoms with Crippen LogP contribution in [0.2, 0.25) is 0 Å². The Hall–Kier alpha value is -2.48. The van der Waals surface area contributed by atoms with E-state index < -0.39 is 6.10 Å². The second kappa shape index (κ2) is 10.5. The van der Waals surface area contributed by atoms with E-state index in [1.807, 2.05) is 42.5 Å². The van der Waals surface area contributed by atoms with E-state index in [-0.39, 0.29) is 24.7 Å². The van der Waals surface area contributed by atoms with Gasteiger partial charge in [-0.05, 0) is 56.1 Å². The van der Waals surface area contributed by atoms with E-state index in [1.54, 1.807) is 6.07 Å². The van der Waals surface area contributed by atoms with Gasteiger partial charge in [0.25, 0.3) is 0 Å². The van der Waals surface area contributed by atoms with Crippen LogP contribution in [-0.2, 0) is 0 Å². The van der Waals surface area contributed by atoms with Crippen molar-refractivity contribution in [3.63, 3.8) is 0 Å². The molecule has 3 aromatic rings. The van der Waals surface area contributed by atoms with Crippen molar-refractivity contribution in [2.75, 3.05) is 32.8 Å². The molecule has 1 atom stereocenters. The molecule has 162 valence electrons. The van der Waals surface area contributed by atoms with Crippen molar-refractivity contribution >= 4 is 23.4 Å². The van der Waals surface area contributed by atoms with Crippen LogP contribution in [0.4, 0.5) is 0 Å². The number of para-hydroxylation sites is 2. The smallest absolute Gasteiger partial charge is 0.323 e. The van der Waals surface area contributed by atoms with Gasteiger partial charge in [0.2, 0.25) is 0 Å². The number of aromatic amines is 2. The average Bonchev–Trinajstić information content (AvgIpc) is 3.13. The molecule has 4 rings (SSSR count). The second-order valence-electron chi connectivity index (χ2n) is 7.59. The Kier molecular flexibility index (Phi) is 7.79. The number of aromatic nitrogens is 2. The molecule has 1 fully saturated rings. The number of likely N-dealkylation sites (tertiary alicyclic amines) is 1. The lowest BCUT2D eigenvalue weighted by molar-refractivity contribution is 0.0506. The van der Waals surface area contributed by atoms with Crippen LogP contribution in [0.25, 0.3) is 11.0 Å². The highest BCUT2D eigenvalue weighted by Gasteiger charge is 2.22. The van der Waals surface area contributed by atoms with Gasteiger partial charge in [-0.3, -0.25) is 0 Å². The maximum atomic E-state index is 11.5. The third-order valence-corrected chi connectivity index (χ3v) is 5.35. The maximum Gasteiger partial charge on any atom is 0.323 e. The van der Waals surface area contributed by atoms with Crippen molar-refractivity contribution < 1.29 is 14.6 Å². The number of halogens is 1. The standard InChI is InChI=1S/C22H27N3O4.ClH/c26-17(15-29-20-8-4-7-19-21(20)24-22(27)23-19)13-25-11-9-16(10-12-25)14-28-18-5-2-1-3-6-18;/h1-8,16-17,26H,9-15H2,(H2,23,24,27);1H. The first-order valence-corrected chi connectivity index (χ1v) is 10.1. The fourth-order valence-corrected chi connectivity index (χ4v) is 3.75. The molecule has 1 aromatic heterocycles. The SMILES string of the molecule is Cl.O=c1[nH]c2cccc(OCC(O)CN3CCC(COc4ccccc4)CC3)c2[nH]1. The summed E-state index contributed by atoms with van der Waals surface area (Å²) >= 11 is 0. The summed E-state index contributed by atoms with van der Waals surface area (Å²) in [6.45, 7) is 3.39. The van der Waals surface area contributed by atoms with Crippen molar-refractivity contribution in [1.29, 1.82) is 0 Å². The Balaban J connectivity index is 0.00000256. The second-order valence-corrected chi connectivity index (χ2v) is 7.59. The Labute approximate surface area is 181 Å². The lowest BCUT2D eigenvalue weighted by atomic mass is 9.97. The van der Waals surface area contributed by atoms with Crippen LogP contribution in [0.5, 0.6) is 11.5 Å². The number of imidazole rings is 1. The number of hydrogen-bond donors (Lipinski definition) is 3. The van der Waals surface area contributed by atoms with Crippen LogP contribution in [0.1, 0.15) is 12.8 Å². The fourth-order valence-electron chi connectivity index (χ4n) is 3.75. The van der Waals surface area contributed by atoms with Crippen LogP contribution < -0.4 is 15.2 Å². The predicted molar refractivity (Wildman–Crippen MR) is 119 cm³/mol. The third-order valence-electron chi connectivity index (χ3n) is 5.35. The quantitative estimate of drug-likeness (QED) is 0.508. The summed E-state index contributed by atoms with van der Waals surface area (Å²) < 4.78 is 11.6. The topological polar surface area (TPSA) is 90.6 Å². The first-order valence-electron chi connectivity index (χ1n) is 10.1.